The summed E-state index contributed by atoms with van der Waals surface area (Å²) in [5.74, 6) is -0.866. The summed E-state index contributed by atoms with van der Waals surface area (Å²) in [5, 5.41) is 0. The highest BCUT2D eigenvalue weighted by molar-refractivity contribution is 7.92. The Balaban J connectivity index is 2.31. The van der Waals surface area contributed by atoms with Gasteiger partial charge in [0.25, 0.3) is 0 Å². The van der Waals surface area contributed by atoms with E-state index in [9.17, 15) is 21.6 Å². The van der Waals surface area contributed by atoms with Crippen molar-refractivity contribution in [2.75, 3.05) is 58.7 Å². The van der Waals surface area contributed by atoms with Crippen LogP contribution in [0.5, 0.6) is 0 Å². The Morgan fingerprint density at radius 3 is 1.95 bits per heavy atom. The number of alkyl halides is 3. The van der Waals surface area contributed by atoms with Crippen LogP contribution in [-0.2, 0) is 14.6 Å². The Kier molecular flexibility index (Phi) is 6.03. The van der Waals surface area contributed by atoms with Crippen LogP contribution in [0.4, 0.5) is 13.2 Å². The molecule has 1 rings (SSSR count). The molecule has 0 bridgehead atoms. The Labute approximate surface area is 111 Å². The van der Waals surface area contributed by atoms with Gasteiger partial charge in [-0.1, -0.05) is 0 Å². The van der Waals surface area contributed by atoms with Gasteiger partial charge in [0.05, 0.1) is 12.4 Å². The van der Waals surface area contributed by atoms with E-state index >= 15 is 0 Å². The molecule has 0 unspecified atom stereocenters. The number of piperazine rings is 1. The first-order valence-electron chi connectivity index (χ1n) is 5.99. The summed E-state index contributed by atoms with van der Waals surface area (Å²) in [4.78, 5) is 3.88. The summed E-state index contributed by atoms with van der Waals surface area (Å²) in [7, 11) is -3.39. The number of hydrogen-bond donors (Lipinski definition) is 0. The number of sulfone groups is 1. The number of hydrogen-bond acceptors (Lipinski definition) is 5. The zero-order valence-corrected chi connectivity index (χ0v) is 11.6. The van der Waals surface area contributed by atoms with Crippen LogP contribution in [0.2, 0.25) is 0 Å². The van der Waals surface area contributed by atoms with Gasteiger partial charge in [-0.2, -0.15) is 13.2 Å². The molecule has 1 fully saturated rings. The Morgan fingerprint density at radius 2 is 1.53 bits per heavy atom. The lowest BCUT2D eigenvalue weighted by atomic mass is 10.3. The van der Waals surface area contributed by atoms with Crippen LogP contribution in [0.25, 0.3) is 0 Å². The van der Waals surface area contributed by atoms with Crippen LogP contribution in [0.3, 0.4) is 0 Å². The quantitative estimate of drug-likeness (QED) is 0.701. The molecule has 0 spiro atoms. The van der Waals surface area contributed by atoms with Crippen LogP contribution in [0.1, 0.15) is 0 Å². The van der Waals surface area contributed by atoms with E-state index < -0.39 is 21.1 Å². The van der Waals surface area contributed by atoms with E-state index in [1.807, 2.05) is 0 Å². The normalized spacial score (nSPS) is 19.8. The molecule has 114 valence electrons. The fraction of sp³-hybridized carbons (Fsp3) is 1.00. The predicted octanol–water partition coefficient (Wildman–Crippen LogP) is 0.185. The number of nitrogens with zero attached hydrogens (tertiary/aromatic N) is 2. The predicted molar refractivity (Wildman–Crippen MR) is 64.6 cm³/mol. The van der Waals surface area contributed by atoms with Crippen LogP contribution in [0, 0.1) is 0 Å². The van der Waals surface area contributed by atoms with E-state index in [0.29, 0.717) is 19.7 Å². The first-order chi connectivity index (χ1) is 8.76. The molecule has 9 heteroatoms. The maximum absolute atomic E-state index is 12.2. The minimum absolute atomic E-state index is 0.0695. The fourth-order valence-electron chi connectivity index (χ4n) is 1.82. The molecule has 1 saturated heterocycles. The lowest BCUT2D eigenvalue weighted by Crippen LogP contribution is -2.48. The van der Waals surface area contributed by atoms with Crippen molar-refractivity contribution in [1.29, 1.82) is 0 Å². The standard InChI is InChI=1S/C10H19F3N2O3S/c1-18-8-6-14-2-4-15(5-3-14)7-9-19(16,17)10(11,12)13/h2-9H2,1H3. The van der Waals surface area contributed by atoms with Gasteiger partial charge in [-0.25, -0.2) is 8.42 Å². The lowest BCUT2D eigenvalue weighted by molar-refractivity contribution is -0.0437. The van der Waals surface area contributed by atoms with Crippen molar-refractivity contribution in [3.8, 4) is 0 Å². The summed E-state index contributed by atoms with van der Waals surface area (Å²) >= 11 is 0. The summed E-state index contributed by atoms with van der Waals surface area (Å²) < 4.78 is 63.3. The van der Waals surface area contributed by atoms with Gasteiger partial charge in [0.2, 0.25) is 9.84 Å². The average Bonchev–Trinajstić information content (AvgIpc) is 2.34. The SMILES string of the molecule is COCCN1CCN(CCS(=O)(=O)C(F)(F)F)CC1. The fourth-order valence-corrected chi connectivity index (χ4v) is 2.55. The van der Waals surface area contributed by atoms with Crippen molar-refractivity contribution in [2.24, 2.45) is 0 Å². The van der Waals surface area contributed by atoms with E-state index in [1.165, 1.54) is 0 Å². The molecule has 5 nitrogen and oxygen atoms in total. The molecular weight excluding hydrogens is 285 g/mol. The lowest BCUT2D eigenvalue weighted by Gasteiger charge is -2.34. The summed E-state index contributed by atoms with van der Waals surface area (Å²) in [6, 6.07) is 0. The molecule has 0 atom stereocenters. The molecular formula is C10H19F3N2O3S. The van der Waals surface area contributed by atoms with Crippen molar-refractivity contribution in [3.63, 3.8) is 0 Å². The molecule has 1 aliphatic heterocycles. The van der Waals surface area contributed by atoms with Gasteiger partial charge in [0, 0.05) is 46.4 Å². The number of ether oxygens (including phenoxy) is 1. The van der Waals surface area contributed by atoms with Crippen LogP contribution in [0.15, 0.2) is 0 Å². The van der Waals surface area contributed by atoms with Crippen molar-refractivity contribution in [2.45, 2.75) is 5.51 Å². The molecule has 1 aliphatic rings. The van der Waals surface area contributed by atoms with Crippen molar-refractivity contribution < 1.29 is 26.3 Å². The monoisotopic (exact) mass is 304 g/mol. The van der Waals surface area contributed by atoms with Gasteiger partial charge >= 0.3 is 5.51 Å². The molecule has 0 N–H and O–H groups in total. The van der Waals surface area contributed by atoms with Gasteiger partial charge in [0.15, 0.2) is 0 Å². The van der Waals surface area contributed by atoms with E-state index in [1.54, 1.807) is 12.0 Å². The maximum Gasteiger partial charge on any atom is 0.497 e. The minimum atomic E-state index is -5.15. The molecule has 0 amide bonds. The van der Waals surface area contributed by atoms with Gasteiger partial charge in [-0.05, 0) is 0 Å². The first-order valence-corrected chi connectivity index (χ1v) is 7.64. The summed E-state index contributed by atoms with van der Waals surface area (Å²) in [5.41, 5.74) is -5.15. The Hall–Kier alpha value is -0.380. The first kappa shape index (κ1) is 16.7. The van der Waals surface area contributed by atoms with E-state index in [2.05, 4.69) is 4.90 Å². The van der Waals surface area contributed by atoms with Crippen LogP contribution in [-0.4, -0.2) is 82.5 Å². The van der Waals surface area contributed by atoms with E-state index in [0.717, 1.165) is 19.6 Å². The molecule has 0 aromatic heterocycles. The summed E-state index contributed by atoms with van der Waals surface area (Å²) in [6.45, 7) is 3.92. The molecule has 1 heterocycles. The van der Waals surface area contributed by atoms with E-state index in [4.69, 9.17) is 4.74 Å². The van der Waals surface area contributed by atoms with Gasteiger partial charge in [-0.3, -0.25) is 9.80 Å². The average molecular weight is 304 g/mol. The third kappa shape index (κ3) is 5.25. The Morgan fingerprint density at radius 1 is 1.05 bits per heavy atom. The van der Waals surface area contributed by atoms with Crippen molar-refractivity contribution >= 4 is 9.84 Å². The third-order valence-electron chi connectivity index (χ3n) is 3.11. The zero-order chi connectivity index (χ0) is 14.5. The van der Waals surface area contributed by atoms with Gasteiger partial charge in [-0.15, -0.1) is 0 Å². The molecule has 0 aromatic rings. The second kappa shape index (κ2) is 6.87. The van der Waals surface area contributed by atoms with Crippen molar-refractivity contribution in [3.05, 3.63) is 0 Å². The molecule has 0 aromatic carbocycles. The highest BCUT2D eigenvalue weighted by atomic mass is 32.2. The smallest absolute Gasteiger partial charge is 0.383 e. The highest BCUT2D eigenvalue weighted by Gasteiger charge is 2.45. The number of halogens is 3. The summed E-state index contributed by atoms with van der Waals surface area (Å²) in [6.07, 6.45) is 0. The highest BCUT2D eigenvalue weighted by Crippen LogP contribution is 2.23. The largest absolute Gasteiger partial charge is 0.497 e. The third-order valence-corrected chi connectivity index (χ3v) is 4.53. The number of rotatable bonds is 6. The molecule has 0 saturated carbocycles. The second-order valence-electron chi connectivity index (χ2n) is 4.44. The van der Waals surface area contributed by atoms with Gasteiger partial charge < -0.3 is 4.74 Å². The van der Waals surface area contributed by atoms with Crippen LogP contribution >= 0.6 is 0 Å². The van der Waals surface area contributed by atoms with E-state index in [-0.39, 0.29) is 6.54 Å². The van der Waals surface area contributed by atoms with Crippen molar-refractivity contribution in [1.82, 2.24) is 9.80 Å². The molecule has 0 aliphatic carbocycles. The molecule has 19 heavy (non-hydrogen) atoms. The van der Waals surface area contributed by atoms with Crippen LogP contribution < -0.4 is 0 Å². The number of methoxy groups -OCH3 is 1. The maximum atomic E-state index is 12.2. The van der Waals surface area contributed by atoms with Gasteiger partial charge in [0.1, 0.15) is 0 Å². The Bertz CT molecular complexity index is 365. The zero-order valence-electron chi connectivity index (χ0n) is 10.8. The minimum Gasteiger partial charge on any atom is -0.383 e. The second-order valence-corrected chi connectivity index (χ2v) is 6.54. The molecule has 0 radical (unpaired) electrons. The topological polar surface area (TPSA) is 49.9 Å².